The molecule has 0 spiro atoms. The number of anilines is 1. The molecular formula is C13H21N3O2. The maximum Gasteiger partial charge on any atom is 0.221 e. The first kappa shape index (κ1) is 13.1. The van der Waals surface area contributed by atoms with E-state index in [1.165, 1.54) is 6.33 Å². The number of aromatic nitrogens is 2. The molecule has 0 radical (unpaired) electrons. The summed E-state index contributed by atoms with van der Waals surface area (Å²) >= 11 is 0. The minimum Gasteiger partial charge on any atom is -0.477 e. The molecule has 1 aliphatic rings. The molecule has 1 fully saturated rings. The van der Waals surface area contributed by atoms with Crippen molar-refractivity contribution in [1.29, 1.82) is 0 Å². The van der Waals surface area contributed by atoms with Gasteiger partial charge in [0.1, 0.15) is 12.1 Å². The van der Waals surface area contributed by atoms with E-state index in [-0.39, 0.29) is 0 Å². The standard InChI is InChI=1S/C13H21N3O2/c1-2-3-11-12(14)15-9-16-13(11)18-8-10-4-6-17-7-5-10/h9-10H,2-8H2,1H3,(H2,14,15,16). The second-order valence-corrected chi connectivity index (χ2v) is 4.66. The molecule has 5 heteroatoms. The number of nitrogen functional groups attached to an aromatic ring is 1. The summed E-state index contributed by atoms with van der Waals surface area (Å²) in [7, 11) is 0. The van der Waals surface area contributed by atoms with Crippen LogP contribution in [0.5, 0.6) is 5.88 Å². The van der Waals surface area contributed by atoms with Gasteiger partial charge < -0.3 is 15.2 Å². The van der Waals surface area contributed by atoms with Crippen molar-refractivity contribution in [2.45, 2.75) is 32.6 Å². The Morgan fingerprint density at radius 1 is 1.39 bits per heavy atom. The molecule has 2 N–H and O–H groups in total. The van der Waals surface area contributed by atoms with Gasteiger partial charge in [-0.15, -0.1) is 0 Å². The van der Waals surface area contributed by atoms with Crippen molar-refractivity contribution in [2.24, 2.45) is 5.92 Å². The fourth-order valence-corrected chi connectivity index (χ4v) is 2.13. The van der Waals surface area contributed by atoms with Gasteiger partial charge in [0.25, 0.3) is 0 Å². The molecule has 1 aromatic rings. The van der Waals surface area contributed by atoms with Crippen molar-refractivity contribution in [3.8, 4) is 5.88 Å². The van der Waals surface area contributed by atoms with Crippen LogP contribution in [0.1, 0.15) is 31.7 Å². The Balaban J connectivity index is 1.97. The summed E-state index contributed by atoms with van der Waals surface area (Å²) in [4.78, 5) is 8.22. The number of nitrogens with two attached hydrogens (primary N) is 1. The van der Waals surface area contributed by atoms with Gasteiger partial charge in [-0.05, 0) is 25.2 Å². The Labute approximate surface area is 108 Å². The minimum absolute atomic E-state index is 0.536. The smallest absolute Gasteiger partial charge is 0.221 e. The third-order valence-electron chi connectivity index (χ3n) is 3.24. The van der Waals surface area contributed by atoms with E-state index in [4.69, 9.17) is 15.2 Å². The Morgan fingerprint density at radius 2 is 2.17 bits per heavy atom. The summed E-state index contributed by atoms with van der Waals surface area (Å²) in [5.41, 5.74) is 6.80. The van der Waals surface area contributed by atoms with Crippen LogP contribution in [0.4, 0.5) is 5.82 Å². The normalized spacial score (nSPS) is 16.7. The summed E-state index contributed by atoms with van der Waals surface area (Å²) < 4.78 is 11.2. The molecule has 2 rings (SSSR count). The van der Waals surface area contributed by atoms with Crippen LogP contribution in [-0.4, -0.2) is 29.8 Å². The van der Waals surface area contributed by atoms with E-state index in [2.05, 4.69) is 16.9 Å². The van der Waals surface area contributed by atoms with Crippen LogP contribution in [0.25, 0.3) is 0 Å². The molecular weight excluding hydrogens is 230 g/mol. The van der Waals surface area contributed by atoms with E-state index < -0.39 is 0 Å². The van der Waals surface area contributed by atoms with Crippen LogP contribution in [-0.2, 0) is 11.2 Å². The van der Waals surface area contributed by atoms with Crippen LogP contribution in [0.15, 0.2) is 6.33 Å². The van der Waals surface area contributed by atoms with E-state index in [1.54, 1.807) is 0 Å². The SMILES string of the molecule is CCCc1c(N)ncnc1OCC1CCOCC1. The lowest BCUT2D eigenvalue weighted by Gasteiger charge is -2.22. The molecule has 1 saturated heterocycles. The van der Waals surface area contributed by atoms with Crippen LogP contribution in [0.2, 0.25) is 0 Å². The monoisotopic (exact) mass is 251 g/mol. The molecule has 2 heterocycles. The van der Waals surface area contributed by atoms with E-state index in [1.807, 2.05) is 0 Å². The van der Waals surface area contributed by atoms with Gasteiger partial charge in [0.05, 0.1) is 12.2 Å². The highest BCUT2D eigenvalue weighted by atomic mass is 16.5. The Morgan fingerprint density at radius 3 is 2.89 bits per heavy atom. The first-order valence-electron chi connectivity index (χ1n) is 6.61. The van der Waals surface area contributed by atoms with Crippen LogP contribution >= 0.6 is 0 Å². The Hall–Kier alpha value is -1.36. The lowest BCUT2D eigenvalue weighted by molar-refractivity contribution is 0.0488. The van der Waals surface area contributed by atoms with Gasteiger partial charge in [0.2, 0.25) is 5.88 Å². The largest absolute Gasteiger partial charge is 0.477 e. The molecule has 0 amide bonds. The topological polar surface area (TPSA) is 70.3 Å². The lowest BCUT2D eigenvalue weighted by atomic mass is 10.0. The molecule has 18 heavy (non-hydrogen) atoms. The van der Waals surface area contributed by atoms with Crippen molar-refractivity contribution in [3.05, 3.63) is 11.9 Å². The summed E-state index contributed by atoms with van der Waals surface area (Å²) in [6.45, 7) is 4.47. The first-order valence-corrected chi connectivity index (χ1v) is 6.61. The van der Waals surface area contributed by atoms with Gasteiger partial charge in [-0.1, -0.05) is 13.3 Å². The van der Waals surface area contributed by atoms with Gasteiger partial charge >= 0.3 is 0 Å². The van der Waals surface area contributed by atoms with Gasteiger partial charge in [0.15, 0.2) is 0 Å². The molecule has 0 aromatic carbocycles. The summed E-state index contributed by atoms with van der Waals surface area (Å²) in [6.07, 6.45) is 5.45. The second kappa shape index (κ2) is 6.54. The van der Waals surface area contributed by atoms with Gasteiger partial charge in [-0.3, -0.25) is 0 Å². The fraction of sp³-hybridized carbons (Fsp3) is 0.692. The van der Waals surface area contributed by atoms with Crippen molar-refractivity contribution >= 4 is 5.82 Å². The van der Waals surface area contributed by atoms with Crippen LogP contribution in [0.3, 0.4) is 0 Å². The highest BCUT2D eigenvalue weighted by Crippen LogP contribution is 2.23. The lowest BCUT2D eigenvalue weighted by Crippen LogP contribution is -2.22. The summed E-state index contributed by atoms with van der Waals surface area (Å²) in [6, 6.07) is 0. The molecule has 1 aromatic heterocycles. The first-order chi connectivity index (χ1) is 8.81. The second-order valence-electron chi connectivity index (χ2n) is 4.66. The molecule has 0 saturated carbocycles. The predicted molar refractivity (Wildman–Crippen MR) is 69.5 cm³/mol. The maximum absolute atomic E-state index is 5.87. The molecule has 0 unspecified atom stereocenters. The number of nitrogens with zero attached hydrogens (tertiary/aromatic N) is 2. The van der Waals surface area contributed by atoms with Crippen LogP contribution < -0.4 is 10.5 Å². The molecule has 5 nitrogen and oxygen atoms in total. The number of ether oxygens (including phenoxy) is 2. The zero-order valence-corrected chi connectivity index (χ0v) is 10.9. The van der Waals surface area contributed by atoms with E-state index >= 15 is 0 Å². The Bertz CT molecular complexity index is 378. The van der Waals surface area contributed by atoms with Crippen molar-refractivity contribution < 1.29 is 9.47 Å². The fourth-order valence-electron chi connectivity index (χ4n) is 2.13. The highest BCUT2D eigenvalue weighted by molar-refractivity contribution is 5.44. The van der Waals surface area contributed by atoms with Gasteiger partial charge in [-0.25, -0.2) is 9.97 Å². The quantitative estimate of drug-likeness (QED) is 0.864. The average molecular weight is 251 g/mol. The number of rotatable bonds is 5. The zero-order chi connectivity index (χ0) is 12.8. The highest BCUT2D eigenvalue weighted by Gasteiger charge is 2.16. The average Bonchev–Trinajstić information content (AvgIpc) is 2.41. The third-order valence-corrected chi connectivity index (χ3v) is 3.24. The molecule has 0 bridgehead atoms. The van der Waals surface area contributed by atoms with E-state index in [9.17, 15) is 0 Å². The zero-order valence-electron chi connectivity index (χ0n) is 10.9. The van der Waals surface area contributed by atoms with Crippen molar-refractivity contribution in [2.75, 3.05) is 25.6 Å². The Kier molecular flexibility index (Phi) is 4.75. The third kappa shape index (κ3) is 3.32. The van der Waals surface area contributed by atoms with Gasteiger partial charge in [0, 0.05) is 13.2 Å². The van der Waals surface area contributed by atoms with Crippen molar-refractivity contribution in [3.63, 3.8) is 0 Å². The van der Waals surface area contributed by atoms with Gasteiger partial charge in [-0.2, -0.15) is 0 Å². The van der Waals surface area contributed by atoms with Crippen LogP contribution in [0, 0.1) is 5.92 Å². The molecule has 100 valence electrons. The predicted octanol–water partition coefficient (Wildman–Crippen LogP) is 1.82. The summed E-state index contributed by atoms with van der Waals surface area (Å²) in [5, 5.41) is 0. The minimum atomic E-state index is 0.536. The van der Waals surface area contributed by atoms with E-state index in [0.717, 1.165) is 44.5 Å². The maximum atomic E-state index is 5.87. The van der Waals surface area contributed by atoms with E-state index in [0.29, 0.717) is 24.2 Å². The van der Waals surface area contributed by atoms with Crippen molar-refractivity contribution in [1.82, 2.24) is 9.97 Å². The molecule has 1 aliphatic heterocycles. The summed E-state index contributed by atoms with van der Waals surface area (Å²) in [5.74, 6) is 1.74. The number of hydrogen-bond acceptors (Lipinski definition) is 5. The molecule has 0 atom stereocenters. The molecule has 0 aliphatic carbocycles. The number of hydrogen-bond donors (Lipinski definition) is 1.